The highest BCUT2D eigenvalue weighted by atomic mass is 35.5. The lowest BCUT2D eigenvalue weighted by molar-refractivity contribution is -0.133. The second kappa shape index (κ2) is 2.93. The number of aliphatic hydroxyl groups is 1. The van der Waals surface area contributed by atoms with Gasteiger partial charge in [-0.3, -0.25) is 4.79 Å². The van der Waals surface area contributed by atoms with Crippen LogP contribution < -0.4 is 5.32 Å². The molecule has 2 heterocycles. The Kier molecular flexibility index (Phi) is 1.97. The number of nitrogens with zero attached hydrogens (tertiary/aromatic N) is 1. The minimum Gasteiger partial charge on any atom is -0.375 e. The Labute approximate surface area is 85.9 Å². The van der Waals surface area contributed by atoms with Crippen molar-refractivity contribution < 1.29 is 9.90 Å². The summed E-state index contributed by atoms with van der Waals surface area (Å²) in [6, 6.07) is 1.56. The number of nitrogens with one attached hydrogen (secondary N) is 1. The second-order valence-corrected chi connectivity index (χ2v) is 3.59. The number of carbonyl (C=O) groups excluding carboxylic acids is 1. The molecule has 1 atom stereocenters. The molecule has 4 nitrogen and oxygen atoms in total. The summed E-state index contributed by atoms with van der Waals surface area (Å²) in [7, 11) is 0. The summed E-state index contributed by atoms with van der Waals surface area (Å²) < 4.78 is 0. The van der Waals surface area contributed by atoms with Crippen LogP contribution in [0.1, 0.15) is 18.9 Å². The van der Waals surface area contributed by atoms with Crippen LogP contribution in [0.2, 0.25) is 5.02 Å². The van der Waals surface area contributed by atoms with Crippen LogP contribution in [0.4, 0.5) is 5.82 Å². The smallest absolute Gasteiger partial charge is 0.262 e. The Morgan fingerprint density at radius 1 is 1.71 bits per heavy atom. The average molecular weight is 213 g/mol. The Morgan fingerprint density at radius 3 is 3.07 bits per heavy atom. The van der Waals surface area contributed by atoms with Gasteiger partial charge in [-0.15, -0.1) is 0 Å². The van der Waals surface area contributed by atoms with Gasteiger partial charge in [0.05, 0.1) is 10.6 Å². The van der Waals surface area contributed by atoms with Crippen LogP contribution in [0.15, 0.2) is 12.3 Å². The highest BCUT2D eigenvalue weighted by Gasteiger charge is 2.46. The number of pyridine rings is 1. The number of amides is 1. The maximum atomic E-state index is 11.5. The van der Waals surface area contributed by atoms with Crippen molar-refractivity contribution in [2.45, 2.75) is 18.9 Å². The number of rotatable bonds is 1. The maximum Gasteiger partial charge on any atom is 0.262 e. The van der Waals surface area contributed by atoms with E-state index >= 15 is 0 Å². The van der Waals surface area contributed by atoms with Gasteiger partial charge in [0.1, 0.15) is 5.82 Å². The van der Waals surface area contributed by atoms with Crippen LogP contribution >= 0.6 is 11.6 Å². The molecule has 5 heteroatoms. The van der Waals surface area contributed by atoms with E-state index in [9.17, 15) is 9.90 Å². The molecule has 0 saturated carbocycles. The molecule has 0 saturated heterocycles. The molecule has 1 aliphatic heterocycles. The van der Waals surface area contributed by atoms with E-state index in [4.69, 9.17) is 11.6 Å². The molecule has 0 bridgehead atoms. The Balaban J connectivity index is 2.67. The minimum absolute atomic E-state index is 0.275. The Morgan fingerprint density at radius 2 is 2.43 bits per heavy atom. The van der Waals surface area contributed by atoms with E-state index in [0.29, 0.717) is 16.4 Å². The van der Waals surface area contributed by atoms with Gasteiger partial charge in [-0.05, 0) is 12.5 Å². The van der Waals surface area contributed by atoms with Gasteiger partial charge in [0, 0.05) is 6.20 Å². The summed E-state index contributed by atoms with van der Waals surface area (Å²) in [5.74, 6) is -0.109. The number of anilines is 1. The van der Waals surface area contributed by atoms with Crippen molar-refractivity contribution >= 4 is 23.3 Å². The lowest BCUT2D eigenvalue weighted by atomic mass is 9.94. The van der Waals surface area contributed by atoms with Gasteiger partial charge in [0.25, 0.3) is 5.91 Å². The first kappa shape index (κ1) is 9.43. The molecule has 74 valence electrons. The molecule has 1 aromatic heterocycles. The Hall–Kier alpha value is -1.13. The van der Waals surface area contributed by atoms with Gasteiger partial charge < -0.3 is 10.4 Å². The SMILES string of the molecule is CCC1(O)C(=O)Nc2nccc(Cl)c21. The monoisotopic (exact) mass is 212 g/mol. The lowest BCUT2D eigenvalue weighted by Crippen LogP contribution is -2.33. The van der Waals surface area contributed by atoms with E-state index in [0.717, 1.165) is 0 Å². The van der Waals surface area contributed by atoms with E-state index < -0.39 is 11.5 Å². The second-order valence-electron chi connectivity index (χ2n) is 3.18. The zero-order valence-corrected chi connectivity index (χ0v) is 8.30. The van der Waals surface area contributed by atoms with Crippen molar-refractivity contribution in [3.05, 3.63) is 22.8 Å². The maximum absolute atomic E-state index is 11.5. The molecular weight excluding hydrogens is 204 g/mol. The summed E-state index contributed by atoms with van der Waals surface area (Å²) >= 11 is 5.91. The minimum atomic E-state index is -1.53. The van der Waals surface area contributed by atoms with E-state index in [1.54, 1.807) is 13.0 Å². The van der Waals surface area contributed by atoms with Gasteiger partial charge in [0.15, 0.2) is 5.60 Å². The zero-order valence-electron chi connectivity index (χ0n) is 7.54. The van der Waals surface area contributed by atoms with Crippen molar-refractivity contribution in [3.8, 4) is 0 Å². The first-order chi connectivity index (χ1) is 6.59. The average Bonchev–Trinajstić information content (AvgIpc) is 2.41. The van der Waals surface area contributed by atoms with Gasteiger partial charge in [-0.25, -0.2) is 4.98 Å². The van der Waals surface area contributed by atoms with E-state index in [2.05, 4.69) is 10.3 Å². The number of hydrogen-bond donors (Lipinski definition) is 2. The summed E-state index contributed by atoms with van der Waals surface area (Å²) in [4.78, 5) is 15.4. The molecule has 0 radical (unpaired) electrons. The molecule has 0 aliphatic carbocycles. The van der Waals surface area contributed by atoms with Crippen LogP contribution in [0.5, 0.6) is 0 Å². The predicted octanol–water partition coefficient (Wildman–Crippen LogP) is 1.28. The van der Waals surface area contributed by atoms with E-state index in [-0.39, 0.29) is 6.42 Å². The first-order valence-corrected chi connectivity index (χ1v) is 4.66. The molecule has 2 N–H and O–H groups in total. The third-order valence-electron chi connectivity index (χ3n) is 2.43. The third-order valence-corrected chi connectivity index (χ3v) is 2.75. The van der Waals surface area contributed by atoms with Crippen LogP contribution in [0, 0.1) is 0 Å². The molecule has 1 unspecified atom stereocenters. The van der Waals surface area contributed by atoms with Crippen LogP contribution in [0.3, 0.4) is 0 Å². The topological polar surface area (TPSA) is 62.2 Å². The number of hydrogen-bond acceptors (Lipinski definition) is 3. The molecule has 1 aliphatic rings. The molecule has 1 aromatic rings. The first-order valence-electron chi connectivity index (χ1n) is 4.28. The van der Waals surface area contributed by atoms with E-state index in [1.807, 2.05) is 0 Å². The molecule has 14 heavy (non-hydrogen) atoms. The van der Waals surface area contributed by atoms with Crippen molar-refractivity contribution in [2.24, 2.45) is 0 Å². The zero-order chi connectivity index (χ0) is 10.3. The standard InChI is InChI=1S/C9H9ClN2O2/c1-2-9(14)6-5(10)3-4-11-7(6)12-8(9)13/h3-4,14H,2H2,1H3,(H,11,12,13). The molecule has 0 fully saturated rings. The van der Waals surface area contributed by atoms with Gasteiger partial charge in [-0.2, -0.15) is 0 Å². The molecule has 2 rings (SSSR count). The summed E-state index contributed by atoms with van der Waals surface area (Å²) in [6.45, 7) is 1.72. The van der Waals surface area contributed by atoms with Crippen LogP contribution in [0.25, 0.3) is 0 Å². The van der Waals surface area contributed by atoms with Gasteiger partial charge in [0.2, 0.25) is 0 Å². The molecule has 0 spiro atoms. The highest BCUT2D eigenvalue weighted by molar-refractivity contribution is 6.32. The molecular formula is C9H9ClN2O2. The number of fused-ring (bicyclic) bond motifs is 1. The summed E-state index contributed by atoms with van der Waals surface area (Å²) in [6.07, 6.45) is 1.76. The number of carbonyl (C=O) groups is 1. The third kappa shape index (κ3) is 1.04. The van der Waals surface area contributed by atoms with Crippen LogP contribution in [-0.4, -0.2) is 16.0 Å². The normalized spacial score (nSPS) is 24.6. The van der Waals surface area contributed by atoms with Crippen molar-refractivity contribution in [1.29, 1.82) is 0 Å². The quantitative estimate of drug-likeness (QED) is 0.737. The van der Waals surface area contributed by atoms with E-state index in [1.165, 1.54) is 6.20 Å². The fourth-order valence-corrected chi connectivity index (χ4v) is 1.89. The fourth-order valence-electron chi connectivity index (χ4n) is 1.59. The lowest BCUT2D eigenvalue weighted by Gasteiger charge is -2.18. The summed E-state index contributed by atoms with van der Waals surface area (Å²) in [5.41, 5.74) is -1.14. The number of aromatic nitrogens is 1. The Bertz CT molecular complexity index is 408. The summed E-state index contributed by atoms with van der Waals surface area (Å²) in [5, 5.41) is 12.9. The van der Waals surface area contributed by atoms with Gasteiger partial charge >= 0.3 is 0 Å². The van der Waals surface area contributed by atoms with Crippen molar-refractivity contribution in [2.75, 3.05) is 5.32 Å². The van der Waals surface area contributed by atoms with Crippen molar-refractivity contribution in [1.82, 2.24) is 4.98 Å². The number of halogens is 1. The highest BCUT2D eigenvalue weighted by Crippen LogP contribution is 2.40. The van der Waals surface area contributed by atoms with Gasteiger partial charge in [-0.1, -0.05) is 18.5 Å². The molecule has 0 aromatic carbocycles. The molecule has 1 amide bonds. The van der Waals surface area contributed by atoms with Crippen molar-refractivity contribution in [3.63, 3.8) is 0 Å². The fraction of sp³-hybridized carbons (Fsp3) is 0.333. The largest absolute Gasteiger partial charge is 0.375 e. The predicted molar refractivity (Wildman–Crippen MR) is 52.1 cm³/mol. The van der Waals surface area contributed by atoms with Crippen LogP contribution in [-0.2, 0) is 10.4 Å².